The molecule has 13 nitrogen and oxygen atoms in total. The summed E-state index contributed by atoms with van der Waals surface area (Å²) in [6, 6.07) is 10.5. The van der Waals surface area contributed by atoms with E-state index in [2.05, 4.69) is 29.2 Å². The number of aryl methyl sites for hydroxylation is 1. The van der Waals surface area contributed by atoms with E-state index in [1.165, 1.54) is 19.2 Å². The number of hydrogen-bond acceptors (Lipinski definition) is 7. The third-order valence-corrected chi connectivity index (χ3v) is 10.5. The third-order valence-electron chi connectivity index (χ3n) is 10.5. The van der Waals surface area contributed by atoms with Crippen molar-refractivity contribution < 1.29 is 23.5 Å². The molecule has 6 aromatic rings. The van der Waals surface area contributed by atoms with E-state index in [1.54, 1.807) is 35.9 Å². The molecule has 2 N–H and O–H groups in total. The average molecular weight is 695 g/mol. The van der Waals surface area contributed by atoms with Gasteiger partial charge in [0.1, 0.15) is 11.5 Å². The first kappa shape index (κ1) is 32.7. The topological polar surface area (TPSA) is 141 Å². The highest BCUT2D eigenvalue weighted by Crippen LogP contribution is 2.43. The van der Waals surface area contributed by atoms with E-state index in [-0.39, 0.29) is 41.4 Å². The Morgan fingerprint density at radius 3 is 2.55 bits per heavy atom. The van der Waals surface area contributed by atoms with Gasteiger partial charge in [0.25, 0.3) is 5.91 Å². The number of methoxy groups -OCH3 is 2. The van der Waals surface area contributed by atoms with Gasteiger partial charge in [-0.2, -0.15) is 5.10 Å². The zero-order valence-electron chi connectivity index (χ0n) is 29.1. The van der Waals surface area contributed by atoms with E-state index < -0.39 is 11.9 Å². The normalized spacial score (nSPS) is 18.0. The number of nitrogens with zero attached hydrogens (tertiary/aromatic N) is 6. The summed E-state index contributed by atoms with van der Waals surface area (Å²) in [4.78, 5) is 49.0. The maximum absolute atomic E-state index is 15.9. The van der Waals surface area contributed by atoms with Crippen LogP contribution in [0.4, 0.5) is 9.18 Å². The summed E-state index contributed by atoms with van der Waals surface area (Å²) in [6.07, 6.45) is 4.87. The molecule has 51 heavy (non-hydrogen) atoms. The van der Waals surface area contributed by atoms with E-state index >= 15 is 4.39 Å². The fourth-order valence-electron chi connectivity index (χ4n) is 7.76. The number of rotatable bonds is 7. The van der Waals surface area contributed by atoms with Crippen molar-refractivity contribution in [2.75, 3.05) is 27.3 Å². The summed E-state index contributed by atoms with van der Waals surface area (Å²) in [7, 11) is 4.65. The second kappa shape index (κ2) is 12.4. The quantitative estimate of drug-likeness (QED) is 0.224. The van der Waals surface area contributed by atoms with Gasteiger partial charge in [0, 0.05) is 61.9 Å². The average Bonchev–Trinajstić information content (AvgIpc) is 3.88. The Morgan fingerprint density at radius 2 is 1.82 bits per heavy atom. The smallest absolute Gasteiger partial charge is 0.407 e. The number of aromatic amines is 1. The Kier molecular flexibility index (Phi) is 7.93. The first-order valence-corrected chi connectivity index (χ1v) is 17.1. The molecule has 0 radical (unpaired) electrons. The van der Waals surface area contributed by atoms with E-state index in [9.17, 15) is 14.4 Å². The molecular weight excluding hydrogens is 655 g/mol. The molecule has 2 aliphatic rings. The number of ether oxygens (including phenoxy) is 2. The van der Waals surface area contributed by atoms with E-state index in [1.807, 2.05) is 33.6 Å². The van der Waals surface area contributed by atoms with Gasteiger partial charge in [0.2, 0.25) is 0 Å². The molecule has 2 amide bonds. The van der Waals surface area contributed by atoms with Crippen LogP contribution in [0.3, 0.4) is 0 Å². The van der Waals surface area contributed by atoms with Crippen molar-refractivity contribution in [3.05, 3.63) is 70.7 Å². The Balaban J connectivity index is 1.33. The molecule has 8 rings (SSSR count). The van der Waals surface area contributed by atoms with Gasteiger partial charge in [0.15, 0.2) is 0 Å². The molecule has 1 saturated carbocycles. The lowest BCUT2D eigenvalue weighted by Crippen LogP contribution is -2.54. The summed E-state index contributed by atoms with van der Waals surface area (Å²) < 4.78 is 31.4. The Bertz CT molecular complexity index is 2420. The van der Waals surface area contributed by atoms with Gasteiger partial charge >= 0.3 is 11.8 Å². The summed E-state index contributed by atoms with van der Waals surface area (Å²) in [5.41, 5.74) is 5.33. The molecule has 0 spiro atoms. The van der Waals surface area contributed by atoms with Crippen LogP contribution in [0.2, 0.25) is 0 Å². The van der Waals surface area contributed by atoms with Gasteiger partial charge in [-0.3, -0.25) is 18.6 Å². The maximum atomic E-state index is 15.9. The number of H-pyrrole nitrogens is 1. The molecule has 0 bridgehead atoms. The molecule has 2 atom stereocenters. The first-order valence-electron chi connectivity index (χ1n) is 17.1. The number of hydrogen-bond donors (Lipinski definition) is 2. The number of imidazole rings is 1. The standard InChI is InChI=1S/C37H39FN8O5/c1-19(2)46-28-11-7-20(12-22(28)15-40-46)30-31-33-29(43(3)37(49)45(33)24-9-8-23(14-24)41-36(48)51-5)16-39-34(31)42-32(30)21-6-10-26(27(38)13-21)35(47)44-17-25(18-44)50-4/h6-7,10-13,15-16,19,23-25H,8-9,14,17-18H2,1-5H3,(H,39,42)(H,41,48)/t23-,24-/m1/s1. The number of carbonyl (C=O) groups is 2. The molecular formula is C37H39FN8O5. The number of pyridine rings is 1. The largest absolute Gasteiger partial charge is 0.453 e. The highest BCUT2D eigenvalue weighted by molar-refractivity contribution is 6.15. The minimum Gasteiger partial charge on any atom is -0.453 e. The summed E-state index contributed by atoms with van der Waals surface area (Å²) in [5.74, 6) is -1.02. The van der Waals surface area contributed by atoms with Gasteiger partial charge in [-0.15, -0.1) is 0 Å². The molecule has 1 aliphatic heterocycles. The zero-order valence-corrected chi connectivity index (χ0v) is 29.1. The lowest BCUT2D eigenvalue weighted by molar-refractivity contribution is -0.0194. The van der Waals surface area contributed by atoms with Crippen molar-refractivity contribution >= 4 is 45.0 Å². The van der Waals surface area contributed by atoms with Crippen molar-refractivity contribution in [2.45, 2.75) is 57.3 Å². The van der Waals surface area contributed by atoms with Gasteiger partial charge in [0.05, 0.1) is 58.8 Å². The van der Waals surface area contributed by atoms with Crippen LogP contribution in [-0.2, 0) is 16.5 Å². The molecule has 1 aliphatic carbocycles. The molecule has 264 valence electrons. The van der Waals surface area contributed by atoms with Crippen molar-refractivity contribution in [2.24, 2.45) is 7.05 Å². The molecule has 5 heterocycles. The monoisotopic (exact) mass is 694 g/mol. The fraction of sp³-hybridized carbons (Fsp3) is 0.378. The first-order chi connectivity index (χ1) is 24.6. The predicted octanol–water partition coefficient (Wildman–Crippen LogP) is 5.54. The molecule has 4 aromatic heterocycles. The predicted molar refractivity (Wildman–Crippen MR) is 190 cm³/mol. The number of halogens is 1. The third kappa shape index (κ3) is 5.27. The van der Waals surface area contributed by atoms with Crippen molar-refractivity contribution in [3.8, 4) is 22.4 Å². The number of carbonyl (C=O) groups excluding carboxylic acids is 2. The van der Waals surface area contributed by atoms with Crippen LogP contribution in [0.15, 0.2) is 53.6 Å². The van der Waals surface area contributed by atoms with Crippen molar-refractivity contribution in [1.29, 1.82) is 0 Å². The summed E-state index contributed by atoms with van der Waals surface area (Å²) >= 11 is 0. The molecule has 1 saturated heterocycles. The molecule has 2 aromatic carbocycles. The second-order valence-corrected chi connectivity index (χ2v) is 13.8. The van der Waals surface area contributed by atoms with Gasteiger partial charge in [-0.1, -0.05) is 12.1 Å². The number of fused-ring (bicyclic) bond motifs is 4. The van der Waals surface area contributed by atoms with E-state index in [4.69, 9.17) is 14.5 Å². The lowest BCUT2D eigenvalue weighted by atomic mass is 9.96. The lowest BCUT2D eigenvalue weighted by Gasteiger charge is -2.38. The molecule has 2 fully saturated rings. The van der Waals surface area contributed by atoms with Crippen LogP contribution < -0.4 is 11.0 Å². The minimum absolute atomic E-state index is 0.0118. The number of amides is 2. The van der Waals surface area contributed by atoms with Gasteiger partial charge in [-0.25, -0.2) is 19.0 Å². The fourth-order valence-corrected chi connectivity index (χ4v) is 7.76. The Hall–Kier alpha value is -5.50. The number of aromatic nitrogens is 6. The van der Waals surface area contributed by atoms with Crippen LogP contribution in [0.25, 0.3) is 55.4 Å². The number of benzene rings is 2. The maximum Gasteiger partial charge on any atom is 0.407 e. The number of likely N-dealkylation sites (tertiary alicyclic amines) is 1. The highest BCUT2D eigenvalue weighted by Gasteiger charge is 2.34. The van der Waals surface area contributed by atoms with Crippen molar-refractivity contribution in [1.82, 2.24) is 39.1 Å². The van der Waals surface area contributed by atoms with Crippen LogP contribution in [0.1, 0.15) is 55.6 Å². The second-order valence-electron chi connectivity index (χ2n) is 13.8. The SMILES string of the molecule is COC(=O)N[C@@H]1CC[C@@H](n2c(=O)n(C)c3cnc4[nH]c(-c5ccc(C(=O)N6CC(OC)C6)c(F)c5)c(-c5ccc6c(cnn6C(C)C)c5)c4c32)C1. The van der Waals surface area contributed by atoms with Crippen LogP contribution >= 0.6 is 0 Å². The summed E-state index contributed by atoms with van der Waals surface area (Å²) in [6.45, 7) is 4.98. The molecule has 14 heteroatoms. The number of nitrogens with one attached hydrogen (secondary N) is 2. The van der Waals surface area contributed by atoms with Crippen molar-refractivity contribution in [3.63, 3.8) is 0 Å². The van der Waals surface area contributed by atoms with Gasteiger partial charge in [-0.05, 0) is 62.9 Å². The van der Waals surface area contributed by atoms with Crippen LogP contribution in [-0.4, -0.2) is 85.2 Å². The van der Waals surface area contributed by atoms with Crippen LogP contribution in [0, 0.1) is 5.82 Å². The van der Waals surface area contributed by atoms with Crippen LogP contribution in [0.5, 0.6) is 0 Å². The highest BCUT2D eigenvalue weighted by atomic mass is 19.1. The van der Waals surface area contributed by atoms with Gasteiger partial charge < -0.3 is 24.7 Å². The number of alkyl carbamates (subject to hydrolysis) is 1. The Morgan fingerprint density at radius 1 is 1.04 bits per heavy atom. The molecule has 0 unspecified atom stereocenters. The minimum atomic E-state index is -0.638. The Labute approximate surface area is 291 Å². The summed E-state index contributed by atoms with van der Waals surface area (Å²) in [5, 5.41) is 9.14. The zero-order chi connectivity index (χ0) is 35.7. The van der Waals surface area contributed by atoms with E-state index in [0.717, 1.165) is 22.0 Å². The van der Waals surface area contributed by atoms with E-state index in [0.29, 0.717) is 65.7 Å².